The van der Waals surface area contributed by atoms with Crippen molar-refractivity contribution in [1.82, 2.24) is 5.32 Å². The summed E-state index contributed by atoms with van der Waals surface area (Å²) in [4.78, 5) is 33.6. The first-order valence-electron chi connectivity index (χ1n) is 6.34. The summed E-state index contributed by atoms with van der Waals surface area (Å²) in [6.07, 6.45) is 0.266. The highest BCUT2D eigenvalue weighted by Crippen LogP contribution is 2.24. The summed E-state index contributed by atoms with van der Waals surface area (Å²) in [5, 5.41) is 15.7. The molecule has 2 N–H and O–H groups in total. The van der Waals surface area contributed by atoms with Crippen LogP contribution in [0, 0.1) is 10.1 Å². The fourth-order valence-corrected chi connectivity index (χ4v) is 2.44. The molecular weight excluding hydrogens is 306 g/mol. The first-order valence-corrected chi connectivity index (χ1v) is 7.16. The average molecular weight is 319 g/mol. The Kier molecular flexibility index (Phi) is 4.84. The van der Waals surface area contributed by atoms with Crippen LogP contribution < -0.4 is 10.6 Å². The van der Waals surface area contributed by atoms with E-state index in [1.807, 2.05) is 0 Å². The van der Waals surface area contributed by atoms with Crippen LogP contribution in [0.4, 0.5) is 10.7 Å². The molecule has 0 atom stereocenters. The lowest BCUT2D eigenvalue weighted by atomic mass is 10.1. The second-order valence-electron chi connectivity index (χ2n) is 4.40. The summed E-state index contributed by atoms with van der Waals surface area (Å²) in [6.45, 7) is 0. The fourth-order valence-electron chi connectivity index (χ4n) is 1.72. The minimum atomic E-state index is -0.533. The van der Waals surface area contributed by atoms with E-state index in [4.69, 9.17) is 0 Å². The van der Waals surface area contributed by atoms with E-state index in [0.29, 0.717) is 5.69 Å². The maximum absolute atomic E-state index is 12.0. The van der Waals surface area contributed by atoms with Crippen molar-refractivity contribution in [3.8, 4) is 0 Å². The number of nitrogens with one attached hydrogen (secondary N) is 2. The summed E-state index contributed by atoms with van der Waals surface area (Å²) in [5.41, 5.74) is 1.38. The Morgan fingerprint density at radius 3 is 2.41 bits per heavy atom. The van der Waals surface area contributed by atoms with Gasteiger partial charge in [-0.15, -0.1) is 0 Å². The first kappa shape index (κ1) is 15.6. The molecule has 0 aliphatic rings. The van der Waals surface area contributed by atoms with Crippen LogP contribution in [-0.2, 0) is 11.2 Å². The van der Waals surface area contributed by atoms with Gasteiger partial charge in [0.2, 0.25) is 5.91 Å². The molecule has 0 spiro atoms. The van der Waals surface area contributed by atoms with Gasteiger partial charge >= 0.3 is 5.00 Å². The highest BCUT2D eigenvalue weighted by Gasteiger charge is 2.15. The molecule has 7 nitrogen and oxygen atoms in total. The Bertz CT molecular complexity index is 709. The lowest BCUT2D eigenvalue weighted by Crippen LogP contribution is -2.19. The molecule has 8 heteroatoms. The summed E-state index contributed by atoms with van der Waals surface area (Å²) >= 11 is 0.819. The molecule has 0 bridgehead atoms. The largest absolute Gasteiger partial charge is 0.359 e. The molecule has 0 fully saturated rings. The van der Waals surface area contributed by atoms with Gasteiger partial charge in [0.05, 0.1) is 16.2 Å². The SMILES string of the molecule is CNC(=O)Cc1ccc(NC(=O)c2ccc([N+](=O)[O-])s2)cc1. The Labute approximate surface area is 130 Å². The van der Waals surface area contributed by atoms with Crippen LogP contribution in [0.15, 0.2) is 36.4 Å². The molecule has 1 aromatic carbocycles. The molecule has 1 heterocycles. The number of amides is 2. The zero-order valence-corrected chi connectivity index (χ0v) is 12.5. The number of thiophene rings is 1. The van der Waals surface area contributed by atoms with Crippen molar-refractivity contribution in [2.75, 3.05) is 12.4 Å². The third-order valence-corrected chi connectivity index (χ3v) is 3.89. The highest BCUT2D eigenvalue weighted by atomic mass is 32.1. The summed E-state index contributed by atoms with van der Waals surface area (Å²) in [6, 6.07) is 9.55. The Hall–Kier alpha value is -2.74. The van der Waals surface area contributed by atoms with Gasteiger partial charge in [0, 0.05) is 18.8 Å². The minimum absolute atomic E-state index is 0.0777. The highest BCUT2D eigenvalue weighted by molar-refractivity contribution is 7.17. The molecule has 1 aromatic heterocycles. The van der Waals surface area contributed by atoms with Gasteiger partial charge in [-0.05, 0) is 23.8 Å². The van der Waals surface area contributed by atoms with E-state index in [9.17, 15) is 19.7 Å². The number of nitro groups is 1. The molecule has 0 saturated carbocycles. The van der Waals surface area contributed by atoms with Crippen molar-refractivity contribution in [2.45, 2.75) is 6.42 Å². The third kappa shape index (κ3) is 3.89. The van der Waals surface area contributed by atoms with Gasteiger partial charge in [-0.1, -0.05) is 23.5 Å². The average Bonchev–Trinajstić information content (AvgIpc) is 2.99. The van der Waals surface area contributed by atoms with Crippen LogP contribution in [0.25, 0.3) is 0 Å². The minimum Gasteiger partial charge on any atom is -0.359 e. The number of hydrogen-bond donors (Lipinski definition) is 2. The van der Waals surface area contributed by atoms with Crippen LogP contribution >= 0.6 is 11.3 Å². The molecule has 0 unspecified atom stereocenters. The van der Waals surface area contributed by atoms with Gasteiger partial charge in [-0.3, -0.25) is 19.7 Å². The van der Waals surface area contributed by atoms with Gasteiger partial charge in [0.1, 0.15) is 0 Å². The molecule has 0 aliphatic carbocycles. The van der Waals surface area contributed by atoms with Crippen molar-refractivity contribution >= 4 is 33.8 Å². The van der Waals surface area contributed by atoms with Gasteiger partial charge in [0.25, 0.3) is 5.91 Å². The topological polar surface area (TPSA) is 101 Å². The van der Waals surface area contributed by atoms with E-state index in [1.165, 1.54) is 12.1 Å². The summed E-state index contributed by atoms with van der Waals surface area (Å²) in [7, 11) is 1.57. The predicted octanol–water partition coefficient (Wildman–Crippen LogP) is 2.20. The molecule has 0 aliphatic heterocycles. The number of nitrogens with zero attached hydrogens (tertiary/aromatic N) is 1. The van der Waals surface area contributed by atoms with Crippen LogP contribution in [0.1, 0.15) is 15.2 Å². The molecule has 2 amide bonds. The van der Waals surface area contributed by atoms with Gasteiger partial charge in [-0.2, -0.15) is 0 Å². The smallest absolute Gasteiger partial charge is 0.324 e. The molecule has 22 heavy (non-hydrogen) atoms. The Morgan fingerprint density at radius 2 is 1.86 bits per heavy atom. The molecule has 2 aromatic rings. The van der Waals surface area contributed by atoms with Crippen LogP contribution in [-0.4, -0.2) is 23.8 Å². The maximum atomic E-state index is 12.0. The second-order valence-corrected chi connectivity index (χ2v) is 5.46. The summed E-state index contributed by atoms with van der Waals surface area (Å²) < 4.78 is 0. The van der Waals surface area contributed by atoms with E-state index in [2.05, 4.69) is 10.6 Å². The second kappa shape index (κ2) is 6.81. The number of likely N-dealkylation sites (N-methyl/N-ethyl adjacent to an activating group) is 1. The van der Waals surface area contributed by atoms with Crippen LogP contribution in [0.3, 0.4) is 0 Å². The van der Waals surface area contributed by atoms with Crippen molar-refractivity contribution in [2.24, 2.45) is 0 Å². The third-order valence-electron chi connectivity index (χ3n) is 2.85. The van der Waals surface area contributed by atoms with Crippen LogP contribution in [0.2, 0.25) is 0 Å². The fraction of sp³-hybridized carbons (Fsp3) is 0.143. The van der Waals surface area contributed by atoms with Crippen molar-refractivity contribution in [3.63, 3.8) is 0 Å². The molecule has 0 radical (unpaired) electrons. The lowest BCUT2D eigenvalue weighted by Gasteiger charge is -2.05. The van der Waals surface area contributed by atoms with Gasteiger partial charge in [-0.25, -0.2) is 0 Å². The van der Waals surface area contributed by atoms with E-state index in [0.717, 1.165) is 16.9 Å². The Balaban J connectivity index is 2.02. The van der Waals surface area contributed by atoms with Crippen molar-refractivity contribution in [1.29, 1.82) is 0 Å². The quantitative estimate of drug-likeness (QED) is 0.651. The Morgan fingerprint density at radius 1 is 1.18 bits per heavy atom. The number of hydrogen-bond acceptors (Lipinski definition) is 5. The van der Waals surface area contributed by atoms with E-state index in [-0.39, 0.29) is 22.2 Å². The maximum Gasteiger partial charge on any atom is 0.324 e. The number of benzene rings is 1. The standard InChI is InChI=1S/C14H13N3O4S/c1-15-12(18)8-9-2-4-10(5-3-9)16-14(19)11-6-7-13(22-11)17(20)21/h2-7H,8H2,1H3,(H,15,18)(H,16,19). The molecule has 114 valence electrons. The number of anilines is 1. The van der Waals surface area contributed by atoms with E-state index < -0.39 is 10.8 Å². The molecular formula is C14H13N3O4S. The first-order chi connectivity index (χ1) is 10.5. The zero-order valence-electron chi connectivity index (χ0n) is 11.7. The monoisotopic (exact) mass is 319 g/mol. The lowest BCUT2D eigenvalue weighted by molar-refractivity contribution is -0.380. The van der Waals surface area contributed by atoms with E-state index in [1.54, 1.807) is 31.3 Å². The molecule has 0 saturated heterocycles. The number of rotatable bonds is 5. The van der Waals surface area contributed by atoms with Crippen LogP contribution in [0.5, 0.6) is 0 Å². The van der Waals surface area contributed by atoms with Crippen molar-refractivity contribution in [3.05, 3.63) is 57.0 Å². The normalized spacial score (nSPS) is 10.0. The molecule has 2 rings (SSSR count). The number of carbonyl (C=O) groups excluding carboxylic acids is 2. The summed E-state index contributed by atoms with van der Waals surface area (Å²) in [5.74, 6) is -0.500. The van der Waals surface area contributed by atoms with Gasteiger partial charge < -0.3 is 10.6 Å². The van der Waals surface area contributed by atoms with Gasteiger partial charge in [0.15, 0.2) is 0 Å². The van der Waals surface area contributed by atoms with Crippen molar-refractivity contribution < 1.29 is 14.5 Å². The number of carbonyl (C=O) groups is 2. The van der Waals surface area contributed by atoms with E-state index >= 15 is 0 Å². The predicted molar refractivity (Wildman–Crippen MR) is 83.1 cm³/mol. The zero-order chi connectivity index (χ0) is 16.1.